The molecule has 1 saturated heterocycles. The van der Waals surface area contributed by atoms with E-state index >= 15 is 0 Å². The Bertz CT molecular complexity index is 1090. The van der Waals surface area contributed by atoms with Gasteiger partial charge in [-0.1, -0.05) is 0 Å². The second kappa shape index (κ2) is 13.5. The Morgan fingerprint density at radius 1 is 0.921 bits per heavy atom. The zero-order valence-corrected chi connectivity index (χ0v) is 21.8. The molecule has 208 valence electrons. The summed E-state index contributed by atoms with van der Waals surface area (Å²) < 4.78 is 32.1. The summed E-state index contributed by atoms with van der Waals surface area (Å²) in [6.45, 7) is 5.35. The number of nitrogens with zero attached hydrogens (tertiary/aromatic N) is 1. The summed E-state index contributed by atoms with van der Waals surface area (Å²) in [6, 6.07) is 1.38. The summed E-state index contributed by atoms with van der Waals surface area (Å²) in [5, 5.41) is 2.56. The van der Waals surface area contributed by atoms with Gasteiger partial charge in [-0.25, -0.2) is 4.98 Å². The number of Topliss-reactive ketones (excluding diaryl/α,β-unsaturated/α-hetero) is 1. The van der Waals surface area contributed by atoms with Gasteiger partial charge in [-0.3, -0.25) is 24.0 Å². The zero-order chi connectivity index (χ0) is 28.6. The topological polar surface area (TPSA) is 183 Å². The van der Waals surface area contributed by atoms with Crippen LogP contribution in [0, 0.1) is 5.92 Å². The van der Waals surface area contributed by atoms with Crippen molar-refractivity contribution < 1.29 is 57.2 Å². The second-order valence-corrected chi connectivity index (χ2v) is 8.37. The number of amides is 1. The van der Waals surface area contributed by atoms with Crippen LogP contribution in [0.1, 0.15) is 51.5 Å². The first-order chi connectivity index (χ1) is 17.8. The second-order valence-electron chi connectivity index (χ2n) is 8.37. The minimum absolute atomic E-state index is 0.0469. The molecule has 0 aliphatic carbocycles. The fourth-order valence-corrected chi connectivity index (χ4v) is 3.90. The van der Waals surface area contributed by atoms with Crippen LogP contribution in [0.5, 0.6) is 11.5 Å². The average Bonchev–Trinajstić information content (AvgIpc) is 2.80. The van der Waals surface area contributed by atoms with Gasteiger partial charge in [-0.05, 0) is 6.92 Å². The standard InChI is InChI=1S/C24H30N2O12/c1-11(27)9-16-20(35-13(3)29)22(37-15(5)31)18(10-34-12(2)28)38-24(16)26-23(32)19-21(36-14(4)30)17(33-6)7-8-25-19/h7-8,16,18,20,22,24H,9-10H2,1-6H3,(H,26,32)/t16-,18-,20-,22+,24-/m1/s1. The van der Waals surface area contributed by atoms with Crippen molar-refractivity contribution in [1.82, 2.24) is 10.3 Å². The first kappa shape index (κ1) is 30.2. The fourth-order valence-electron chi connectivity index (χ4n) is 3.90. The minimum atomic E-state index is -1.33. The molecule has 2 rings (SSSR count). The summed E-state index contributed by atoms with van der Waals surface area (Å²) in [5.41, 5.74) is -0.340. The van der Waals surface area contributed by atoms with Gasteiger partial charge >= 0.3 is 23.9 Å². The number of esters is 4. The molecule has 1 aromatic heterocycles. The third-order valence-electron chi connectivity index (χ3n) is 5.22. The van der Waals surface area contributed by atoms with Gasteiger partial charge in [-0.15, -0.1) is 0 Å². The lowest BCUT2D eigenvalue weighted by Gasteiger charge is -2.45. The van der Waals surface area contributed by atoms with E-state index in [0.717, 1.165) is 27.7 Å². The third-order valence-corrected chi connectivity index (χ3v) is 5.22. The van der Waals surface area contributed by atoms with E-state index < -0.39 is 66.8 Å². The SMILES string of the molecule is COc1ccnc(C(=O)N[C@@H]2O[C@H](COC(C)=O)[C@H](OC(C)=O)[C@H](OC(C)=O)[C@H]2CC(C)=O)c1OC(C)=O. The van der Waals surface area contributed by atoms with Gasteiger partial charge in [-0.2, -0.15) is 0 Å². The van der Waals surface area contributed by atoms with Gasteiger partial charge in [0, 0.05) is 46.4 Å². The Hall–Kier alpha value is -4.07. The van der Waals surface area contributed by atoms with Gasteiger partial charge in [0.1, 0.15) is 30.8 Å². The summed E-state index contributed by atoms with van der Waals surface area (Å²) in [6.07, 6.45) is -4.10. The monoisotopic (exact) mass is 538 g/mol. The van der Waals surface area contributed by atoms with Crippen molar-refractivity contribution in [2.45, 2.75) is 65.6 Å². The molecule has 0 spiro atoms. The molecular weight excluding hydrogens is 508 g/mol. The quantitative estimate of drug-likeness (QED) is 0.321. The number of hydrogen-bond acceptors (Lipinski definition) is 13. The van der Waals surface area contributed by atoms with Crippen molar-refractivity contribution >= 4 is 35.6 Å². The van der Waals surface area contributed by atoms with Crippen LogP contribution < -0.4 is 14.8 Å². The molecule has 1 fully saturated rings. The summed E-state index contributed by atoms with van der Waals surface area (Å²) in [5.74, 6) is -5.42. The molecule has 0 bridgehead atoms. The Kier molecular flexibility index (Phi) is 10.7. The maximum Gasteiger partial charge on any atom is 0.308 e. The Morgan fingerprint density at radius 2 is 1.55 bits per heavy atom. The maximum absolute atomic E-state index is 13.3. The summed E-state index contributed by atoms with van der Waals surface area (Å²) >= 11 is 0. The van der Waals surface area contributed by atoms with Crippen molar-refractivity contribution in [3.63, 3.8) is 0 Å². The molecule has 5 atom stereocenters. The molecule has 14 nitrogen and oxygen atoms in total. The van der Waals surface area contributed by atoms with E-state index in [9.17, 15) is 28.8 Å². The molecule has 2 heterocycles. The van der Waals surface area contributed by atoms with E-state index in [1.807, 2.05) is 0 Å². The summed E-state index contributed by atoms with van der Waals surface area (Å²) in [4.78, 5) is 76.4. The first-order valence-electron chi connectivity index (χ1n) is 11.5. The zero-order valence-electron chi connectivity index (χ0n) is 21.8. The van der Waals surface area contributed by atoms with Crippen LogP contribution in [0.4, 0.5) is 0 Å². The molecular formula is C24H30N2O12. The largest absolute Gasteiger partial charge is 0.493 e. The van der Waals surface area contributed by atoms with Gasteiger partial charge < -0.3 is 38.5 Å². The van der Waals surface area contributed by atoms with Gasteiger partial charge in [0.2, 0.25) is 5.75 Å². The van der Waals surface area contributed by atoms with E-state index in [4.69, 9.17) is 28.4 Å². The fraction of sp³-hybridized carbons (Fsp3) is 0.542. The van der Waals surface area contributed by atoms with Crippen LogP contribution in [0.15, 0.2) is 12.3 Å². The van der Waals surface area contributed by atoms with Crippen LogP contribution in [0.2, 0.25) is 0 Å². The molecule has 14 heteroatoms. The highest BCUT2D eigenvalue weighted by Crippen LogP contribution is 2.34. The van der Waals surface area contributed by atoms with Crippen LogP contribution in [-0.2, 0) is 42.9 Å². The molecule has 1 aliphatic rings. The number of rotatable bonds is 10. The van der Waals surface area contributed by atoms with Gasteiger partial charge in [0.05, 0.1) is 13.0 Å². The number of ether oxygens (including phenoxy) is 6. The molecule has 1 N–H and O–H groups in total. The highest BCUT2D eigenvalue weighted by atomic mass is 16.6. The number of pyridine rings is 1. The highest BCUT2D eigenvalue weighted by molar-refractivity contribution is 5.96. The average molecular weight is 539 g/mol. The van der Waals surface area contributed by atoms with Crippen molar-refractivity contribution in [1.29, 1.82) is 0 Å². The Labute approximate surface area is 218 Å². The molecule has 1 aliphatic heterocycles. The lowest BCUT2D eigenvalue weighted by atomic mass is 9.85. The number of aromatic nitrogens is 1. The number of carbonyl (C=O) groups excluding carboxylic acids is 6. The molecule has 1 amide bonds. The third kappa shape index (κ3) is 8.23. The highest BCUT2D eigenvalue weighted by Gasteiger charge is 2.51. The lowest BCUT2D eigenvalue weighted by Crippen LogP contribution is -2.63. The number of carbonyl (C=O) groups is 6. The molecule has 0 aromatic carbocycles. The van der Waals surface area contributed by atoms with Crippen LogP contribution in [0.3, 0.4) is 0 Å². The summed E-state index contributed by atoms with van der Waals surface area (Å²) in [7, 11) is 1.30. The number of ketones is 1. The molecule has 38 heavy (non-hydrogen) atoms. The van der Waals surface area contributed by atoms with Crippen LogP contribution in [0.25, 0.3) is 0 Å². The maximum atomic E-state index is 13.3. The number of nitrogens with one attached hydrogen (secondary N) is 1. The molecule has 0 unspecified atom stereocenters. The van der Waals surface area contributed by atoms with E-state index in [1.54, 1.807) is 0 Å². The lowest BCUT2D eigenvalue weighted by molar-refractivity contribution is -0.236. The van der Waals surface area contributed by atoms with Crippen molar-refractivity contribution in [2.24, 2.45) is 5.92 Å². The van der Waals surface area contributed by atoms with Crippen LogP contribution >= 0.6 is 0 Å². The van der Waals surface area contributed by atoms with E-state index in [1.165, 1.54) is 26.3 Å². The Morgan fingerprint density at radius 3 is 2.08 bits per heavy atom. The predicted molar refractivity (Wildman–Crippen MR) is 125 cm³/mol. The normalized spacial score (nSPS) is 22.4. The van der Waals surface area contributed by atoms with Crippen LogP contribution in [-0.4, -0.2) is 78.8 Å². The van der Waals surface area contributed by atoms with Crippen molar-refractivity contribution in [2.75, 3.05) is 13.7 Å². The van der Waals surface area contributed by atoms with E-state index in [2.05, 4.69) is 10.3 Å². The minimum Gasteiger partial charge on any atom is -0.493 e. The van der Waals surface area contributed by atoms with E-state index in [0.29, 0.717) is 0 Å². The predicted octanol–water partition coefficient (Wildman–Crippen LogP) is 0.492. The smallest absolute Gasteiger partial charge is 0.308 e. The van der Waals surface area contributed by atoms with Crippen molar-refractivity contribution in [3.05, 3.63) is 18.0 Å². The molecule has 0 radical (unpaired) electrons. The van der Waals surface area contributed by atoms with Gasteiger partial charge in [0.25, 0.3) is 5.91 Å². The molecule has 0 saturated carbocycles. The van der Waals surface area contributed by atoms with Gasteiger partial charge in [0.15, 0.2) is 17.5 Å². The number of hydrogen-bond donors (Lipinski definition) is 1. The molecule has 1 aromatic rings. The first-order valence-corrected chi connectivity index (χ1v) is 11.5. The van der Waals surface area contributed by atoms with E-state index in [-0.39, 0.29) is 29.4 Å². The van der Waals surface area contributed by atoms with Crippen molar-refractivity contribution in [3.8, 4) is 11.5 Å². The number of methoxy groups -OCH3 is 1. The Balaban J connectivity index is 2.53.